The summed E-state index contributed by atoms with van der Waals surface area (Å²) in [7, 11) is 0. The van der Waals surface area contributed by atoms with Crippen LogP contribution in [0.5, 0.6) is 0 Å². The van der Waals surface area contributed by atoms with Crippen molar-refractivity contribution in [3.8, 4) is 12.1 Å². The average Bonchev–Trinajstić information content (AvgIpc) is 2.15. The molecule has 0 N–H and O–H groups in total. The van der Waals surface area contributed by atoms with E-state index in [0.717, 1.165) is 5.56 Å². The first-order chi connectivity index (χ1) is 6.29. The number of nitriles is 2. The molecule has 0 atom stereocenters. The van der Waals surface area contributed by atoms with E-state index in [1.165, 1.54) is 11.8 Å². The normalized spacial score (nSPS) is 8.85. The van der Waals surface area contributed by atoms with Gasteiger partial charge in [-0.05, 0) is 18.6 Å². The number of pyridine rings is 1. The maximum absolute atomic E-state index is 8.81. The molecule has 0 radical (unpaired) electrons. The molecule has 64 valence electrons. The van der Waals surface area contributed by atoms with E-state index in [1.807, 2.05) is 13.0 Å². The molecule has 1 rings (SSSR count). The highest BCUT2D eigenvalue weighted by Gasteiger charge is 2.05. The number of aryl methyl sites for hydroxylation is 1. The predicted molar refractivity (Wildman–Crippen MR) is 50.0 cm³/mol. The van der Waals surface area contributed by atoms with Gasteiger partial charge in [-0.25, -0.2) is 4.98 Å². The molecule has 4 heteroatoms. The van der Waals surface area contributed by atoms with E-state index >= 15 is 0 Å². The van der Waals surface area contributed by atoms with E-state index < -0.39 is 0 Å². The Morgan fingerprint density at radius 2 is 2.31 bits per heavy atom. The van der Waals surface area contributed by atoms with Gasteiger partial charge in [0, 0.05) is 6.20 Å². The van der Waals surface area contributed by atoms with Crippen molar-refractivity contribution in [3.63, 3.8) is 0 Å². The van der Waals surface area contributed by atoms with Gasteiger partial charge in [0.25, 0.3) is 0 Å². The van der Waals surface area contributed by atoms with Gasteiger partial charge in [0.2, 0.25) is 0 Å². The lowest BCUT2D eigenvalue weighted by atomic mass is 10.2. The smallest absolute Gasteiger partial charge is 0.115 e. The van der Waals surface area contributed by atoms with Gasteiger partial charge >= 0.3 is 0 Å². The second-order valence-electron chi connectivity index (χ2n) is 2.37. The van der Waals surface area contributed by atoms with Crippen LogP contribution in [0.3, 0.4) is 0 Å². The minimum Gasteiger partial charge on any atom is -0.248 e. The summed E-state index contributed by atoms with van der Waals surface area (Å²) < 4.78 is 0. The topological polar surface area (TPSA) is 60.5 Å². The van der Waals surface area contributed by atoms with Gasteiger partial charge in [-0.1, -0.05) is 11.8 Å². The summed E-state index contributed by atoms with van der Waals surface area (Å²) in [6.45, 7) is 1.86. The average molecular weight is 189 g/mol. The first-order valence-corrected chi connectivity index (χ1v) is 4.63. The molecule has 0 saturated heterocycles. The molecule has 0 fully saturated rings. The molecule has 0 unspecified atom stereocenters. The zero-order valence-corrected chi connectivity index (χ0v) is 7.93. The Morgan fingerprint density at radius 3 is 2.92 bits per heavy atom. The number of rotatable bonds is 2. The van der Waals surface area contributed by atoms with Gasteiger partial charge in [-0.2, -0.15) is 10.5 Å². The van der Waals surface area contributed by atoms with Crippen LogP contribution in [0.25, 0.3) is 0 Å². The van der Waals surface area contributed by atoms with Crippen molar-refractivity contribution in [1.82, 2.24) is 4.98 Å². The highest BCUT2D eigenvalue weighted by molar-refractivity contribution is 7.99. The van der Waals surface area contributed by atoms with Crippen LogP contribution >= 0.6 is 11.8 Å². The van der Waals surface area contributed by atoms with Crippen molar-refractivity contribution >= 4 is 11.8 Å². The van der Waals surface area contributed by atoms with Gasteiger partial charge in [0.15, 0.2) is 0 Å². The van der Waals surface area contributed by atoms with Crippen LogP contribution in [-0.4, -0.2) is 10.7 Å². The number of nitrogens with zero attached hydrogens (tertiary/aromatic N) is 3. The fourth-order valence-electron chi connectivity index (χ4n) is 0.879. The minimum absolute atomic E-state index is 0.325. The van der Waals surface area contributed by atoms with Gasteiger partial charge in [0.1, 0.15) is 11.1 Å². The number of hydrogen-bond donors (Lipinski definition) is 0. The molecule has 0 bridgehead atoms. The van der Waals surface area contributed by atoms with Crippen LogP contribution in [-0.2, 0) is 0 Å². The van der Waals surface area contributed by atoms with E-state index in [0.29, 0.717) is 16.3 Å². The zero-order chi connectivity index (χ0) is 9.68. The van der Waals surface area contributed by atoms with Gasteiger partial charge < -0.3 is 0 Å². The molecular formula is C9H7N3S. The quantitative estimate of drug-likeness (QED) is 0.666. The van der Waals surface area contributed by atoms with Crippen LogP contribution in [0.1, 0.15) is 11.1 Å². The van der Waals surface area contributed by atoms with Gasteiger partial charge in [-0.3, -0.25) is 0 Å². The van der Waals surface area contributed by atoms with E-state index in [-0.39, 0.29) is 0 Å². The number of hydrogen-bond acceptors (Lipinski definition) is 4. The standard InChI is InChI=1S/C9H7N3S/c1-7-2-4-12-9(8(7)6-11)13-5-3-10/h2,4H,5H2,1H3. The third-order valence-electron chi connectivity index (χ3n) is 1.51. The minimum atomic E-state index is 0.325. The van der Waals surface area contributed by atoms with Gasteiger partial charge in [0.05, 0.1) is 17.4 Å². The molecule has 1 aromatic heterocycles. The lowest BCUT2D eigenvalue weighted by Crippen LogP contribution is -1.90. The Bertz CT molecular complexity index is 387. The lowest BCUT2D eigenvalue weighted by molar-refractivity contribution is 1.09. The summed E-state index contributed by atoms with van der Waals surface area (Å²) in [6, 6.07) is 5.87. The maximum Gasteiger partial charge on any atom is 0.115 e. The molecule has 0 saturated carbocycles. The zero-order valence-electron chi connectivity index (χ0n) is 7.11. The second-order valence-corrected chi connectivity index (χ2v) is 3.33. The molecule has 0 aliphatic heterocycles. The van der Waals surface area contributed by atoms with Crippen LogP contribution in [0.15, 0.2) is 17.3 Å². The van der Waals surface area contributed by atoms with Gasteiger partial charge in [-0.15, -0.1) is 0 Å². The summed E-state index contributed by atoms with van der Waals surface area (Å²) in [4.78, 5) is 4.04. The molecule has 0 aliphatic rings. The highest BCUT2D eigenvalue weighted by atomic mass is 32.2. The Kier molecular flexibility index (Phi) is 3.31. The Hall–Kier alpha value is -1.52. The summed E-state index contributed by atoms with van der Waals surface area (Å²) in [6.07, 6.45) is 1.65. The molecule has 0 spiro atoms. The molecule has 13 heavy (non-hydrogen) atoms. The van der Waals surface area contributed by atoms with Crippen LogP contribution in [0.2, 0.25) is 0 Å². The van der Waals surface area contributed by atoms with Crippen LogP contribution in [0.4, 0.5) is 0 Å². The van der Waals surface area contributed by atoms with Crippen molar-refractivity contribution < 1.29 is 0 Å². The van der Waals surface area contributed by atoms with E-state index in [9.17, 15) is 0 Å². The van der Waals surface area contributed by atoms with Crippen molar-refractivity contribution in [2.45, 2.75) is 11.9 Å². The summed E-state index contributed by atoms with van der Waals surface area (Å²) in [5.74, 6) is 0.325. The molecule has 1 aromatic rings. The van der Waals surface area contributed by atoms with E-state index in [2.05, 4.69) is 11.1 Å². The first kappa shape index (κ1) is 9.57. The highest BCUT2D eigenvalue weighted by Crippen LogP contribution is 2.21. The van der Waals surface area contributed by atoms with Crippen molar-refractivity contribution in [1.29, 1.82) is 10.5 Å². The number of thioether (sulfide) groups is 1. The first-order valence-electron chi connectivity index (χ1n) is 3.65. The molecule has 0 aromatic carbocycles. The fraction of sp³-hybridized carbons (Fsp3) is 0.222. The Labute approximate surface area is 81.0 Å². The lowest BCUT2D eigenvalue weighted by Gasteiger charge is -2.01. The fourth-order valence-corrected chi connectivity index (χ4v) is 1.57. The molecule has 1 heterocycles. The Morgan fingerprint density at radius 1 is 1.54 bits per heavy atom. The predicted octanol–water partition coefficient (Wildman–Crippen LogP) is 1.88. The third-order valence-corrected chi connectivity index (χ3v) is 2.37. The van der Waals surface area contributed by atoms with E-state index in [4.69, 9.17) is 10.5 Å². The van der Waals surface area contributed by atoms with Crippen molar-refractivity contribution in [3.05, 3.63) is 23.4 Å². The second kappa shape index (κ2) is 4.49. The maximum atomic E-state index is 8.81. The summed E-state index contributed by atoms with van der Waals surface area (Å²) in [5.41, 5.74) is 1.47. The molecule has 0 amide bonds. The molecular weight excluding hydrogens is 182 g/mol. The SMILES string of the molecule is Cc1ccnc(SCC#N)c1C#N. The largest absolute Gasteiger partial charge is 0.248 e. The molecule has 0 aliphatic carbocycles. The number of aromatic nitrogens is 1. The summed E-state index contributed by atoms with van der Waals surface area (Å²) >= 11 is 1.29. The van der Waals surface area contributed by atoms with E-state index in [1.54, 1.807) is 12.3 Å². The van der Waals surface area contributed by atoms with Crippen LogP contribution < -0.4 is 0 Å². The third kappa shape index (κ3) is 2.21. The Balaban J connectivity index is 3.02. The monoisotopic (exact) mass is 189 g/mol. The summed E-state index contributed by atoms with van der Waals surface area (Å²) in [5, 5.41) is 17.8. The van der Waals surface area contributed by atoms with Crippen molar-refractivity contribution in [2.24, 2.45) is 0 Å². The van der Waals surface area contributed by atoms with Crippen molar-refractivity contribution in [2.75, 3.05) is 5.75 Å². The van der Waals surface area contributed by atoms with Crippen LogP contribution in [0, 0.1) is 29.6 Å². The molecule has 3 nitrogen and oxygen atoms in total.